The molecule has 0 saturated heterocycles. The molecule has 102 valence electrons. The molecule has 4 heteroatoms. The lowest BCUT2D eigenvalue weighted by molar-refractivity contribution is 0.307. The molecule has 1 aromatic carbocycles. The van der Waals surface area contributed by atoms with Crippen molar-refractivity contribution in [2.75, 3.05) is 7.05 Å². The first-order valence-electron chi connectivity index (χ1n) is 6.41. The number of imidazole rings is 1. The number of aryl methyl sites for hydroxylation is 3. The summed E-state index contributed by atoms with van der Waals surface area (Å²) in [6.07, 6.45) is 3.77. The molecule has 0 radical (unpaired) electrons. The van der Waals surface area contributed by atoms with Crippen molar-refractivity contribution in [1.29, 1.82) is 0 Å². The number of hydrogen-bond acceptors (Lipinski definition) is 3. The molecule has 19 heavy (non-hydrogen) atoms. The zero-order valence-corrected chi connectivity index (χ0v) is 12.0. The van der Waals surface area contributed by atoms with Crippen LogP contribution in [-0.2, 0) is 20.1 Å². The predicted molar refractivity (Wildman–Crippen MR) is 76.0 cm³/mol. The zero-order valence-electron chi connectivity index (χ0n) is 12.0. The highest BCUT2D eigenvalue weighted by atomic mass is 16.3. The molecule has 0 saturated carbocycles. The smallest absolute Gasteiger partial charge is 0.122 e. The van der Waals surface area contributed by atoms with E-state index in [1.165, 1.54) is 5.56 Å². The number of hydrogen-bond donors (Lipinski definition) is 1. The van der Waals surface area contributed by atoms with Crippen LogP contribution in [0.2, 0.25) is 0 Å². The Kier molecular flexibility index (Phi) is 3.90. The summed E-state index contributed by atoms with van der Waals surface area (Å²) >= 11 is 0. The van der Waals surface area contributed by atoms with Gasteiger partial charge in [-0.25, -0.2) is 4.98 Å². The first-order chi connectivity index (χ1) is 8.97. The van der Waals surface area contributed by atoms with Crippen LogP contribution in [0.5, 0.6) is 5.75 Å². The standard InChI is InChI=1S/C15H21N3O/c1-11-7-13(8-12(2)15(11)19)9-17(3)10-14-16-5-6-18(14)4/h5-8,19H,9-10H2,1-4H3. The minimum Gasteiger partial charge on any atom is -0.507 e. The number of phenols is 1. The molecule has 0 aliphatic carbocycles. The van der Waals surface area contributed by atoms with Crippen molar-refractivity contribution in [2.45, 2.75) is 26.9 Å². The van der Waals surface area contributed by atoms with Crippen LogP contribution < -0.4 is 0 Å². The summed E-state index contributed by atoms with van der Waals surface area (Å²) < 4.78 is 2.03. The van der Waals surface area contributed by atoms with E-state index in [0.717, 1.165) is 30.0 Å². The molecule has 0 fully saturated rings. The van der Waals surface area contributed by atoms with E-state index in [0.29, 0.717) is 5.75 Å². The highest BCUT2D eigenvalue weighted by Crippen LogP contribution is 2.23. The van der Waals surface area contributed by atoms with Crippen molar-refractivity contribution >= 4 is 0 Å². The minimum absolute atomic E-state index is 0.399. The molecule has 4 nitrogen and oxygen atoms in total. The average Bonchev–Trinajstić information content (AvgIpc) is 2.72. The molecule has 0 bridgehead atoms. The van der Waals surface area contributed by atoms with Gasteiger partial charge in [-0.15, -0.1) is 0 Å². The number of rotatable bonds is 4. The second kappa shape index (κ2) is 5.45. The van der Waals surface area contributed by atoms with Gasteiger partial charge in [-0.1, -0.05) is 12.1 Å². The van der Waals surface area contributed by atoms with Crippen molar-refractivity contribution in [3.8, 4) is 5.75 Å². The largest absolute Gasteiger partial charge is 0.507 e. The Morgan fingerprint density at radius 2 is 1.84 bits per heavy atom. The van der Waals surface area contributed by atoms with Gasteiger partial charge in [0.2, 0.25) is 0 Å². The average molecular weight is 259 g/mol. The van der Waals surface area contributed by atoms with Gasteiger partial charge in [0.25, 0.3) is 0 Å². The van der Waals surface area contributed by atoms with E-state index in [1.54, 1.807) is 0 Å². The fraction of sp³-hybridized carbons (Fsp3) is 0.400. The first kappa shape index (κ1) is 13.6. The molecule has 2 rings (SSSR count). The van der Waals surface area contributed by atoms with Gasteiger partial charge in [-0.3, -0.25) is 4.90 Å². The van der Waals surface area contributed by atoms with Gasteiger partial charge in [0, 0.05) is 26.0 Å². The number of nitrogens with zero attached hydrogens (tertiary/aromatic N) is 3. The van der Waals surface area contributed by atoms with Crippen molar-refractivity contribution in [2.24, 2.45) is 7.05 Å². The van der Waals surface area contributed by atoms with E-state index < -0.39 is 0 Å². The second-order valence-electron chi connectivity index (χ2n) is 5.20. The minimum atomic E-state index is 0.399. The molecule has 1 heterocycles. The summed E-state index contributed by atoms with van der Waals surface area (Å²) in [5.41, 5.74) is 3.07. The molecule has 0 aliphatic rings. The highest BCUT2D eigenvalue weighted by molar-refractivity contribution is 5.42. The summed E-state index contributed by atoms with van der Waals surface area (Å²) in [5, 5.41) is 9.78. The van der Waals surface area contributed by atoms with Crippen LogP contribution in [0.15, 0.2) is 24.5 Å². The molecule has 0 unspecified atom stereocenters. The maximum absolute atomic E-state index is 9.78. The van der Waals surface area contributed by atoms with Gasteiger partial charge >= 0.3 is 0 Å². The number of aromatic hydroxyl groups is 1. The van der Waals surface area contributed by atoms with Gasteiger partial charge in [-0.2, -0.15) is 0 Å². The number of phenolic OH excluding ortho intramolecular Hbond substituents is 1. The van der Waals surface area contributed by atoms with Gasteiger partial charge in [0.05, 0.1) is 6.54 Å². The van der Waals surface area contributed by atoms with E-state index >= 15 is 0 Å². The Bertz CT molecular complexity index is 552. The van der Waals surface area contributed by atoms with Crippen LogP contribution in [-0.4, -0.2) is 26.6 Å². The van der Waals surface area contributed by atoms with Gasteiger partial charge in [-0.05, 0) is 37.6 Å². The van der Waals surface area contributed by atoms with E-state index in [1.807, 2.05) is 50.0 Å². The topological polar surface area (TPSA) is 41.3 Å². The van der Waals surface area contributed by atoms with Crippen molar-refractivity contribution in [3.05, 3.63) is 47.0 Å². The van der Waals surface area contributed by atoms with Gasteiger partial charge < -0.3 is 9.67 Å². The van der Waals surface area contributed by atoms with E-state index in [4.69, 9.17) is 0 Å². The second-order valence-corrected chi connectivity index (χ2v) is 5.20. The molecule has 0 amide bonds. The SMILES string of the molecule is Cc1cc(CN(C)Cc2nccn2C)cc(C)c1O. The highest BCUT2D eigenvalue weighted by Gasteiger charge is 2.08. The number of aromatic nitrogens is 2. The summed E-state index contributed by atoms with van der Waals surface area (Å²) in [4.78, 5) is 6.54. The monoisotopic (exact) mass is 259 g/mol. The fourth-order valence-electron chi connectivity index (χ4n) is 2.29. The van der Waals surface area contributed by atoms with Gasteiger partial charge in [0.15, 0.2) is 0 Å². The molecular weight excluding hydrogens is 238 g/mol. The van der Waals surface area contributed by atoms with Crippen LogP contribution in [0.3, 0.4) is 0 Å². The number of benzene rings is 1. The Labute approximate surface area is 114 Å². The van der Waals surface area contributed by atoms with Crippen LogP contribution in [0.25, 0.3) is 0 Å². The lowest BCUT2D eigenvalue weighted by atomic mass is 10.1. The Morgan fingerprint density at radius 1 is 1.21 bits per heavy atom. The molecule has 1 N–H and O–H groups in total. The van der Waals surface area contributed by atoms with Crippen molar-refractivity contribution < 1.29 is 5.11 Å². The molecular formula is C15H21N3O. The third-order valence-corrected chi connectivity index (χ3v) is 3.34. The van der Waals surface area contributed by atoms with E-state index in [9.17, 15) is 5.11 Å². The summed E-state index contributed by atoms with van der Waals surface area (Å²) in [6, 6.07) is 4.08. The van der Waals surface area contributed by atoms with Crippen molar-refractivity contribution in [3.63, 3.8) is 0 Å². The Balaban J connectivity index is 2.07. The molecule has 1 aromatic heterocycles. The van der Waals surface area contributed by atoms with E-state index in [-0.39, 0.29) is 0 Å². The van der Waals surface area contributed by atoms with Crippen LogP contribution in [0.1, 0.15) is 22.5 Å². The quantitative estimate of drug-likeness (QED) is 0.916. The predicted octanol–water partition coefficient (Wildman–Crippen LogP) is 2.37. The lowest BCUT2D eigenvalue weighted by Gasteiger charge is -2.17. The Hall–Kier alpha value is -1.81. The van der Waals surface area contributed by atoms with Crippen molar-refractivity contribution in [1.82, 2.24) is 14.5 Å². The van der Waals surface area contributed by atoms with Gasteiger partial charge in [0.1, 0.15) is 11.6 Å². The third kappa shape index (κ3) is 3.15. The fourth-order valence-corrected chi connectivity index (χ4v) is 2.29. The molecule has 2 aromatic rings. The summed E-state index contributed by atoms with van der Waals surface area (Å²) in [5.74, 6) is 1.45. The molecule has 0 atom stereocenters. The van der Waals surface area contributed by atoms with Crippen LogP contribution >= 0.6 is 0 Å². The Morgan fingerprint density at radius 3 is 2.37 bits per heavy atom. The summed E-state index contributed by atoms with van der Waals surface area (Å²) in [7, 11) is 4.08. The zero-order chi connectivity index (χ0) is 14.0. The third-order valence-electron chi connectivity index (χ3n) is 3.34. The van der Waals surface area contributed by atoms with Crippen LogP contribution in [0, 0.1) is 13.8 Å². The maximum Gasteiger partial charge on any atom is 0.122 e. The lowest BCUT2D eigenvalue weighted by Crippen LogP contribution is -2.19. The maximum atomic E-state index is 9.78. The van der Waals surface area contributed by atoms with Crippen LogP contribution in [0.4, 0.5) is 0 Å². The summed E-state index contributed by atoms with van der Waals surface area (Å²) in [6.45, 7) is 5.52. The molecule has 0 spiro atoms. The van der Waals surface area contributed by atoms with E-state index in [2.05, 4.69) is 16.9 Å². The normalized spacial score (nSPS) is 11.2. The first-order valence-corrected chi connectivity index (χ1v) is 6.41. The molecule has 0 aliphatic heterocycles.